The van der Waals surface area contributed by atoms with Crippen LogP contribution in [0.4, 0.5) is 0 Å². The minimum atomic E-state index is -2.45. The van der Waals surface area contributed by atoms with Gasteiger partial charge in [-0.25, -0.2) is 4.79 Å². The van der Waals surface area contributed by atoms with Gasteiger partial charge in [-0.2, -0.15) is 0 Å². The molecular formula is C60H95NO17S. The van der Waals surface area contributed by atoms with Crippen molar-refractivity contribution < 1.29 is 81.6 Å². The first-order valence-electron chi connectivity index (χ1n) is 28.6. The lowest BCUT2D eigenvalue weighted by atomic mass is 9.78. The quantitative estimate of drug-likeness (QED) is 0.0601. The second-order valence-electron chi connectivity index (χ2n) is 22.3. The third-order valence-electron chi connectivity index (χ3n) is 16.2. The van der Waals surface area contributed by atoms with Gasteiger partial charge < -0.3 is 57.7 Å². The van der Waals surface area contributed by atoms with Gasteiger partial charge >= 0.3 is 11.9 Å². The van der Waals surface area contributed by atoms with Gasteiger partial charge in [0.2, 0.25) is 5.79 Å². The topological polar surface area (TPSA) is 229 Å². The Kier molecular flexibility index (Phi) is 29.8. The average molecular weight is 1130 g/mol. The summed E-state index contributed by atoms with van der Waals surface area (Å²) in [6.45, 7) is 14.6. The molecule has 79 heavy (non-hydrogen) atoms. The van der Waals surface area contributed by atoms with Gasteiger partial charge in [-0.1, -0.05) is 71.1 Å². The summed E-state index contributed by atoms with van der Waals surface area (Å²) in [6, 6.07) is -1.17. The Morgan fingerprint density at radius 1 is 0.835 bits per heavy atom. The van der Waals surface area contributed by atoms with E-state index in [1.807, 2.05) is 58.1 Å². The number of aliphatic hydroxyl groups excluding tert-OH is 1. The molecule has 2 N–H and O–H groups in total. The number of rotatable bonds is 18. The predicted octanol–water partition coefficient (Wildman–Crippen LogP) is 7.14. The maximum Gasteiger partial charge on any atom is 0.329 e. The number of carbonyl (C=O) groups is 6. The van der Waals surface area contributed by atoms with Gasteiger partial charge in [0, 0.05) is 71.3 Å². The van der Waals surface area contributed by atoms with Crippen molar-refractivity contribution in [3.63, 3.8) is 0 Å². The number of hydrogen-bond acceptors (Lipinski definition) is 18. The van der Waals surface area contributed by atoms with Crippen LogP contribution >= 0.6 is 11.8 Å². The second-order valence-corrected chi connectivity index (χ2v) is 23.4. The zero-order valence-electron chi connectivity index (χ0n) is 49.1. The molecule has 3 heterocycles. The maximum atomic E-state index is 14.6. The molecule has 3 aliphatic heterocycles. The molecule has 19 heteroatoms. The Bertz CT molecular complexity index is 2080. The van der Waals surface area contributed by atoms with Crippen LogP contribution in [0.1, 0.15) is 126 Å². The first kappa shape index (κ1) is 67.9. The molecule has 448 valence electrons. The van der Waals surface area contributed by atoms with Crippen LogP contribution in [-0.2, 0) is 71.4 Å². The molecule has 0 spiro atoms. The van der Waals surface area contributed by atoms with E-state index in [1.54, 1.807) is 48.2 Å². The smallest absolute Gasteiger partial charge is 0.329 e. The van der Waals surface area contributed by atoms with Gasteiger partial charge in [0.05, 0.1) is 56.6 Å². The van der Waals surface area contributed by atoms with Crippen LogP contribution in [0, 0.1) is 35.5 Å². The van der Waals surface area contributed by atoms with E-state index < -0.39 is 77.8 Å². The maximum absolute atomic E-state index is 14.6. The van der Waals surface area contributed by atoms with E-state index in [4.69, 9.17) is 42.6 Å². The number of thioether (sulfide) groups is 1. The van der Waals surface area contributed by atoms with Crippen LogP contribution in [0.25, 0.3) is 0 Å². The monoisotopic (exact) mass is 1130 g/mol. The normalized spacial score (nSPS) is 35.3. The number of hydrogen-bond donors (Lipinski definition) is 2. The first-order chi connectivity index (χ1) is 37.7. The van der Waals surface area contributed by atoms with E-state index in [9.17, 15) is 39.0 Å². The molecule has 0 aromatic rings. The number of cyclic esters (lactones) is 1. The number of esters is 2. The molecule has 15 atom stereocenters. The number of ether oxygens (including phenoxy) is 9. The van der Waals surface area contributed by atoms with Crippen molar-refractivity contribution in [2.45, 2.75) is 180 Å². The van der Waals surface area contributed by atoms with Crippen LogP contribution in [0.15, 0.2) is 47.6 Å². The highest BCUT2D eigenvalue weighted by Crippen LogP contribution is 2.38. The Balaban J connectivity index is 1.57. The standard InChI is InChI=1S/C60H95NO17S/c1-38-17-13-12-14-18-39(2)50(71-9)35-46-22-20-44(7)60(69,78-46)57(66)58(67)61-24-16-15-19-47(61)59(68)77-51(36-48(62)40(3)32-43(6)55(65)56(73-11)54(64)42(5)31-38)41(4)33-45-21-23-49(52(34-45)72-10)75-27-28-76-53(63)37-79-30-29-74-26-25-70-8/h12-14,17-18,32,38,40-42,44-47,49-52,55-56,65,69H,15-16,19-31,33-37H2,1-11H3/b14-12+,17-13+,39-18+,43-32+/t38-,40-,41-,42-,44-,45+,46+,47+,49?,50?,51+,52?,55?,56?,60?/m1/s1. The molecule has 0 radical (unpaired) electrons. The largest absolute Gasteiger partial charge is 0.463 e. The third-order valence-corrected chi connectivity index (χ3v) is 17.1. The SMILES string of the molecule is COCCOCCSCC(=O)OCCOC1CC[C@@H](C[C@@H](C)[C@@H]2CC(=O)[C@H](C)/C=C(\C)C(O)C(OC)C(=O)[C@H](C)C[C@H](C)/C=C/C=C/C=C(\C)C(OC)C[C@@H]3CC[C@@H](C)C(O)(O3)C(=O)C(=O)N3CCCC[C@H]3C(=O)O2)CC1OC. The number of Topliss-reactive ketones (excluding diaryl/α,β-unsaturated/α-hetero) is 3. The Hall–Kier alpha value is -3.63. The Morgan fingerprint density at radius 2 is 1.59 bits per heavy atom. The third kappa shape index (κ3) is 20.9. The van der Waals surface area contributed by atoms with Gasteiger partial charge in [0.25, 0.3) is 11.7 Å². The molecular weight excluding hydrogens is 1040 g/mol. The number of aliphatic hydroxyl groups is 2. The molecule has 2 saturated heterocycles. The van der Waals surface area contributed by atoms with E-state index in [1.165, 1.54) is 23.8 Å². The lowest BCUT2D eigenvalue weighted by Gasteiger charge is -2.42. The molecule has 2 bridgehead atoms. The number of piperidine rings is 1. The van der Waals surface area contributed by atoms with Crippen molar-refractivity contribution in [1.29, 1.82) is 0 Å². The summed E-state index contributed by atoms with van der Waals surface area (Å²) in [5, 5.41) is 23.6. The van der Waals surface area contributed by atoms with Crippen LogP contribution in [-0.4, -0.2) is 184 Å². The summed E-state index contributed by atoms with van der Waals surface area (Å²) in [7, 11) is 6.19. The lowest BCUT2D eigenvalue weighted by Crippen LogP contribution is -2.61. The molecule has 0 aromatic heterocycles. The summed E-state index contributed by atoms with van der Waals surface area (Å²) in [5.74, 6) is -7.68. The van der Waals surface area contributed by atoms with E-state index in [0.29, 0.717) is 88.9 Å². The van der Waals surface area contributed by atoms with E-state index in [-0.39, 0.29) is 85.9 Å². The van der Waals surface area contributed by atoms with Crippen LogP contribution in [0.2, 0.25) is 0 Å². The van der Waals surface area contributed by atoms with Gasteiger partial charge in [0.1, 0.15) is 36.7 Å². The fourth-order valence-corrected chi connectivity index (χ4v) is 11.8. The van der Waals surface area contributed by atoms with E-state index in [0.717, 1.165) is 12.0 Å². The molecule has 1 saturated carbocycles. The van der Waals surface area contributed by atoms with Crippen molar-refractivity contribution >= 4 is 47.0 Å². The van der Waals surface area contributed by atoms with Crippen LogP contribution in [0.5, 0.6) is 0 Å². The summed E-state index contributed by atoms with van der Waals surface area (Å²) in [4.78, 5) is 85.1. The van der Waals surface area contributed by atoms with Gasteiger partial charge in [-0.05, 0) is 107 Å². The zero-order valence-corrected chi connectivity index (χ0v) is 49.9. The fraction of sp³-hybridized carbons (Fsp3) is 0.767. The highest BCUT2D eigenvalue weighted by molar-refractivity contribution is 7.99. The molecule has 1 amide bonds. The number of methoxy groups -OCH3 is 4. The van der Waals surface area contributed by atoms with Crippen molar-refractivity contribution in [2.75, 3.05) is 79.5 Å². The van der Waals surface area contributed by atoms with Crippen LogP contribution in [0.3, 0.4) is 0 Å². The highest BCUT2D eigenvalue weighted by Gasteiger charge is 2.53. The highest BCUT2D eigenvalue weighted by atomic mass is 32.2. The summed E-state index contributed by atoms with van der Waals surface area (Å²) >= 11 is 1.43. The number of allylic oxidation sites excluding steroid dienone is 6. The summed E-state index contributed by atoms with van der Waals surface area (Å²) < 4.78 is 51.9. The minimum absolute atomic E-state index is 0.00288. The van der Waals surface area contributed by atoms with Crippen LogP contribution < -0.4 is 0 Å². The number of ketones is 3. The number of amides is 1. The molecule has 0 aromatic carbocycles. The number of fused-ring (bicyclic) bond motifs is 3. The van der Waals surface area contributed by atoms with Crippen molar-refractivity contribution in [3.05, 3.63) is 47.6 Å². The average Bonchev–Trinajstić information content (AvgIpc) is 3.57. The molecule has 4 aliphatic rings. The molecule has 18 nitrogen and oxygen atoms in total. The number of carbonyl (C=O) groups excluding carboxylic acids is 6. The second kappa shape index (κ2) is 34.7. The first-order valence-corrected chi connectivity index (χ1v) is 29.7. The molecule has 6 unspecified atom stereocenters. The Labute approximate surface area is 474 Å². The van der Waals surface area contributed by atoms with E-state index in [2.05, 4.69) is 0 Å². The summed E-state index contributed by atoms with van der Waals surface area (Å²) in [6.07, 6.45) is 11.4. The van der Waals surface area contributed by atoms with Crippen molar-refractivity contribution in [2.24, 2.45) is 35.5 Å². The summed E-state index contributed by atoms with van der Waals surface area (Å²) in [5.41, 5.74) is 1.24. The van der Waals surface area contributed by atoms with Gasteiger partial charge in [0.15, 0.2) is 5.78 Å². The van der Waals surface area contributed by atoms with Gasteiger partial charge in [-0.3, -0.25) is 24.0 Å². The molecule has 1 aliphatic carbocycles. The lowest BCUT2D eigenvalue weighted by molar-refractivity contribution is -0.265. The minimum Gasteiger partial charge on any atom is -0.463 e. The Morgan fingerprint density at radius 3 is 2.30 bits per heavy atom. The predicted molar refractivity (Wildman–Crippen MR) is 300 cm³/mol. The fourth-order valence-electron chi connectivity index (χ4n) is 11.2. The number of nitrogens with zero attached hydrogens (tertiary/aromatic N) is 1. The van der Waals surface area contributed by atoms with Crippen molar-refractivity contribution in [3.8, 4) is 0 Å². The van der Waals surface area contributed by atoms with E-state index >= 15 is 0 Å². The zero-order chi connectivity index (χ0) is 58.2. The van der Waals surface area contributed by atoms with Crippen molar-refractivity contribution in [1.82, 2.24) is 4.90 Å². The molecule has 4 rings (SSSR count). The van der Waals surface area contributed by atoms with Gasteiger partial charge in [-0.15, -0.1) is 11.8 Å². The molecule has 3 fully saturated rings.